The summed E-state index contributed by atoms with van der Waals surface area (Å²) in [7, 11) is 0. The highest BCUT2D eigenvalue weighted by molar-refractivity contribution is 5.44. The summed E-state index contributed by atoms with van der Waals surface area (Å²) in [6.45, 7) is 8.23. The second kappa shape index (κ2) is 6.10. The van der Waals surface area contributed by atoms with E-state index in [1.165, 1.54) is 0 Å². The standard InChI is InChI=1S/C16H21N3O2/c1-10(2)19-6-5-18-15(16(19)20)21-14-11(3)7-13(9-17)8-12(14)4/h5-8,10H,9,17H2,1-4H3. The first-order valence-electron chi connectivity index (χ1n) is 6.99. The van der Waals surface area contributed by atoms with E-state index in [9.17, 15) is 4.79 Å². The molecule has 0 atom stereocenters. The van der Waals surface area contributed by atoms with E-state index >= 15 is 0 Å². The van der Waals surface area contributed by atoms with E-state index in [0.717, 1.165) is 16.7 Å². The number of hydrogen-bond acceptors (Lipinski definition) is 4. The minimum Gasteiger partial charge on any atom is -0.434 e. The van der Waals surface area contributed by atoms with Gasteiger partial charge in [0.15, 0.2) is 0 Å². The van der Waals surface area contributed by atoms with Gasteiger partial charge in [-0.15, -0.1) is 0 Å². The summed E-state index contributed by atoms with van der Waals surface area (Å²) < 4.78 is 7.37. The van der Waals surface area contributed by atoms with Gasteiger partial charge < -0.3 is 15.0 Å². The fraction of sp³-hybridized carbons (Fsp3) is 0.375. The Kier molecular flexibility index (Phi) is 4.43. The van der Waals surface area contributed by atoms with Crippen molar-refractivity contribution in [3.63, 3.8) is 0 Å². The Morgan fingerprint density at radius 2 is 1.90 bits per heavy atom. The zero-order chi connectivity index (χ0) is 15.6. The van der Waals surface area contributed by atoms with Crippen LogP contribution in [0.3, 0.4) is 0 Å². The summed E-state index contributed by atoms with van der Waals surface area (Å²) in [6.07, 6.45) is 3.24. The van der Waals surface area contributed by atoms with Gasteiger partial charge in [-0.2, -0.15) is 0 Å². The Labute approximate surface area is 124 Å². The molecule has 5 heteroatoms. The second-order valence-electron chi connectivity index (χ2n) is 5.40. The van der Waals surface area contributed by atoms with E-state index in [2.05, 4.69) is 4.98 Å². The highest BCUT2D eigenvalue weighted by Crippen LogP contribution is 2.27. The van der Waals surface area contributed by atoms with Gasteiger partial charge in [0.2, 0.25) is 0 Å². The van der Waals surface area contributed by atoms with Gasteiger partial charge in [-0.05, 0) is 44.4 Å². The average molecular weight is 287 g/mol. The van der Waals surface area contributed by atoms with Crippen molar-refractivity contribution in [2.75, 3.05) is 0 Å². The Bertz CT molecular complexity index is 682. The van der Waals surface area contributed by atoms with Crippen LogP contribution in [0.1, 0.15) is 36.6 Å². The Hall–Kier alpha value is -2.14. The summed E-state index contributed by atoms with van der Waals surface area (Å²) in [5, 5.41) is 0. The van der Waals surface area contributed by atoms with E-state index in [0.29, 0.717) is 12.3 Å². The van der Waals surface area contributed by atoms with Crippen molar-refractivity contribution in [3.05, 3.63) is 51.6 Å². The zero-order valence-corrected chi connectivity index (χ0v) is 12.9. The normalized spacial score (nSPS) is 11.0. The molecule has 0 aliphatic rings. The Balaban J connectivity index is 2.44. The number of nitrogens with zero attached hydrogens (tertiary/aromatic N) is 2. The van der Waals surface area contributed by atoms with Gasteiger partial charge >= 0.3 is 5.56 Å². The van der Waals surface area contributed by atoms with Crippen molar-refractivity contribution < 1.29 is 4.74 Å². The minimum absolute atomic E-state index is 0.0599. The van der Waals surface area contributed by atoms with Crippen molar-refractivity contribution in [2.45, 2.75) is 40.3 Å². The molecule has 0 bridgehead atoms. The zero-order valence-electron chi connectivity index (χ0n) is 12.9. The molecular formula is C16H21N3O2. The fourth-order valence-corrected chi connectivity index (χ4v) is 2.30. The number of aryl methyl sites for hydroxylation is 2. The first-order chi connectivity index (χ1) is 9.93. The molecule has 2 aromatic rings. The van der Waals surface area contributed by atoms with Gasteiger partial charge in [0, 0.05) is 25.0 Å². The topological polar surface area (TPSA) is 70.1 Å². The molecule has 112 valence electrons. The van der Waals surface area contributed by atoms with E-state index in [4.69, 9.17) is 10.5 Å². The summed E-state index contributed by atoms with van der Waals surface area (Å²) in [6, 6.07) is 3.99. The lowest BCUT2D eigenvalue weighted by Crippen LogP contribution is -2.23. The third-order valence-corrected chi connectivity index (χ3v) is 3.35. The van der Waals surface area contributed by atoms with Crippen LogP contribution in [0.15, 0.2) is 29.3 Å². The molecule has 0 radical (unpaired) electrons. The smallest absolute Gasteiger partial charge is 0.313 e. The van der Waals surface area contributed by atoms with Crippen LogP contribution in [-0.2, 0) is 6.54 Å². The van der Waals surface area contributed by atoms with Gasteiger partial charge in [0.25, 0.3) is 5.88 Å². The van der Waals surface area contributed by atoms with Crippen LogP contribution in [0.5, 0.6) is 11.6 Å². The van der Waals surface area contributed by atoms with Gasteiger partial charge in [-0.1, -0.05) is 12.1 Å². The Morgan fingerprint density at radius 3 is 2.43 bits per heavy atom. The first-order valence-corrected chi connectivity index (χ1v) is 6.99. The predicted molar refractivity (Wildman–Crippen MR) is 82.8 cm³/mol. The molecule has 2 N–H and O–H groups in total. The molecule has 0 fully saturated rings. The Morgan fingerprint density at radius 1 is 1.29 bits per heavy atom. The minimum atomic E-state index is -0.228. The molecule has 21 heavy (non-hydrogen) atoms. The third kappa shape index (κ3) is 3.13. The molecule has 0 unspecified atom stereocenters. The second-order valence-corrected chi connectivity index (χ2v) is 5.40. The summed E-state index contributed by atoms with van der Waals surface area (Å²) in [5.74, 6) is 0.760. The number of benzene rings is 1. The van der Waals surface area contributed by atoms with Crippen molar-refractivity contribution in [1.29, 1.82) is 0 Å². The lowest BCUT2D eigenvalue weighted by atomic mass is 10.1. The van der Waals surface area contributed by atoms with E-state index in [1.807, 2.05) is 39.8 Å². The fourth-order valence-electron chi connectivity index (χ4n) is 2.30. The third-order valence-electron chi connectivity index (χ3n) is 3.35. The largest absolute Gasteiger partial charge is 0.434 e. The molecule has 5 nitrogen and oxygen atoms in total. The van der Waals surface area contributed by atoms with E-state index in [-0.39, 0.29) is 17.5 Å². The lowest BCUT2D eigenvalue weighted by molar-refractivity contribution is 0.431. The first kappa shape index (κ1) is 15.3. The highest BCUT2D eigenvalue weighted by atomic mass is 16.5. The van der Waals surface area contributed by atoms with Gasteiger partial charge in [-0.25, -0.2) is 4.98 Å². The van der Waals surface area contributed by atoms with Gasteiger partial charge in [-0.3, -0.25) is 4.79 Å². The van der Waals surface area contributed by atoms with E-state index < -0.39 is 0 Å². The van der Waals surface area contributed by atoms with Gasteiger partial charge in [0.05, 0.1) is 0 Å². The van der Waals surface area contributed by atoms with Crippen molar-refractivity contribution in [2.24, 2.45) is 5.73 Å². The molecule has 0 spiro atoms. The summed E-state index contributed by atoms with van der Waals surface area (Å²) in [4.78, 5) is 16.4. The van der Waals surface area contributed by atoms with Crippen LogP contribution in [0.25, 0.3) is 0 Å². The molecule has 0 aliphatic heterocycles. The van der Waals surface area contributed by atoms with Crippen LogP contribution in [0, 0.1) is 13.8 Å². The number of rotatable bonds is 4. The maximum absolute atomic E-state index is 12.3. The van der Waals surface area contributed by atoms with Crippen molar-refractivity contribution in [3.8, 4) is 11.6 Å². The molecular weight excluding hydrogens is 266 g/mol. The summed E-state index contributed by atoms with van der Waals surface area (Å²) in [5.41, 5.74) is 8.36. The van der Waals surface area contributed by atoms with Crippen LogP contribution in [0.2, 0.25) is 0 Å². The molecule has 0 saturated heterocycles. The molecule has 0 amide bonds. The van der Waals surface area contributed by atoms with Crippen LogP contribution in [-0.4, -0.2) is 9.55 Å². The molecule has 2 rings (SSSR count). The monoisotopic (exact) mass is 287 g/mol. The molecule has 0 aliphatic carbocycles. The van der Waals surface area contributed by atoms with Crippen molar-refractivity contribution in [1.82, 2.24) is 9.55 Å². The lowest BCUT2D eigenvalue weighted by Gasteiger charge is -2.14. The van der Waals surface area contributed by atoms with Gasteiger partial charge in [0.1, 0.15) is 5.75 Å². The summed E-state index contributed by atoms with van der Waals surface area (Å²) >= 11 is 0. The SMILES string of the molecule is Cc1cc(CN)cc(C)c1Oc1nccn(C(C)C)c1=O. The molecule has 0 saturated carbocycles. The maximum Gasteiger partial charge on any atom is 0.313 e. The molecule has 1 aromatic carbocycles. The number of aromatic nitrogens is 2. The van der Waals surface area contributed by atoms with Crippen LogP contribution >= 0.6 is 0 Å². The van der Waals surface area contributed by atoms with Crippen molar-refractivity contribution >= 4 is 0 Å². The van der Waals surface area contributed by atoms with E-state index in [1.54, 1.807) is 17.0 Å². The predicted octanol–water partition coefficient (Wildman–Crippen LogP) is 2.69. The highest BCUT2D eigenvalue weighted by Gasteiger charge is 2.13. The number of ether oxygens (including phenoxy) is 1. The quantitative estimate of drug-likeness (QED) is 0.938. The maximum atomic E-state index is 12.3. The molecule has 1 heterocycles. The number of hydrogen-bond donors (Lipinski definition) is 1. The molecule has 1 aromatic heterocycles. The van der Waals surface area contributed by atoms with Crippen LogP contribution < -0.4 is 16.0 Å². The number of nitrogens with two attached hydrogens (primary N) is 1. The van der Waals surface area contributed by atoms with Crippen LogP contribution in [0.4, 0.5) is 0 Å². The average Bonchev–Trinajstić information content (AvgIpc) is 2.43.